The first-order valence-electron chi connectivity index (χ1n) is 12.4. The van der Waals surface area contributed by atoms with Crippen LogP contribution in [-0.4, -0.2) is 72.6 Å². The van der Waals surface area contributed by atoms with Gasteiger partial charge in [0, 0.05) is 31.7 Å². The number of hydrogen-bond donors (Lipinski definition) is 1. The van der Waals surface area contributed by atoms with E-state index in [0.29, 0.717) is 18.7 Å². The lowest BCUT2D eigenvalue weighted by atomic mass is 9.95. The van der Waals surface area contributed by atoms with Crippen molar-refractivity contribution in [3.63, 3.8) is 0 Å². The molecule has 7 nitrogen and oxygen atoms in total. The molecular weight excluding hydrogens is 444 g/mol. The second-order valence-corrected chi connectivity index (χ2v) is 9.04. The monoisotopic (exact) mass is 478 g/mol. The highest BCUT2D eigenvalue weighted by atomic mass is 16.5. The van der Waals surface area contributed by atoms with E-state index < -0.39 is 17.7 Å². The number of rotatable bonds is 9. The van der Waals surface area contributed by atoms with E-state index in [4.69, 9.17) is 9.47 Å². The molecule has 1 amide bonds. The first-order chi connectivity index (χ1) is 17.0. The molecule has 1 atom stereocenters. The molecular formula is C28H34N2O5. The van der Waals surface area contributed by atoms with Crippen LogP contribution in [0.25, 0.3) is 5.76 Å². The van der Waals surface area contributed by atoms with Gasteiger partial charge in [-0.1, -0.05) is 37.3 Å². The highest BCUT2D eigenvalue weighted by Gasteiger charge is 2.45. The summed E-state index contributed by atoms with van der Waals surface area (Å²) < 4.78 is 11.2. The molecule has 2 saturated heterocycles. The second-order valence-electron chi connectivity index (χ2n) is 9.04. The van der Waals surface area contributed by atoms with Gasteiger partial charge in [-0.2, -0.15) is 0 Å². The van der Waals surface area contributed by atoms with E-state index >= 15 is 0 Å². The Morgan fingerprint density at radius 2 is 1.83 bits per heavy atom. The summed E-state index contributed by atoms with van der Waals surface area (Å²) in [6, 6.07) is 14.2. The molecule has 0 saturated carbocycles. The van der Waals surface area contributed by atoms with E-state index in [0.717, 1.165) is 62.6 Å². The van der Waals surface area contributed by atoms with Crippen molar-refractivity contribution in [2.45, 2.75) is 32.7 Å². The zero-order valence-corrected chi connectivity index (χ0v) is 20.5. The first-order valence-corrected chi connectivity index (χ1v) is 12.4. The summed E-state index contributed by atoms with van der Waals surface area (Å²) in [7, 11) is 0. The molecule has 0 bridgehead atoms. The number of morpholine rings is 1. The highest BCUT2D eigenvalue weighted by molar-refractivity contribution is 6.46. The lowest BCUT2D eigenvalue weighted by Crippen LogP contribution is -2.38. The van der Waals surface area contributed by atoms with Gasteiger partial charge in [-0.25, -0.2) is 0 Å². The summed E-state index contributed by atoms with van der Waals surface area (Å²) in [6.45, 7) is 8.99. The van der Waals surface area contributed by atoms with E-state index in [9.17, 15) is 14.7 Å². The van der Waals surface area contributed by atoms with Crippen molar-refractivity contribution in [3.05, 3.63) is 70.8 Å². The zero-order chi connectivity index (χ0) is 24.8. The minimum absolute atomic E-state index is 0.134. The number of aliphatic hydroxyl groups excluding tert-OH is 1. The zero-order valence-electron chi connectivity index (χ0n) is 20.5. The van der Waals surface area contributed by atoms with Crippen LogP contribution in [0.1, 0.15) is 42.5 Å². The van der Waals surface area contributed by atoms with Crippen LogP contribution in [-0.2, 0) is 14.3 Å². The molecule has 2 fully saturated rings. The number of ether oxygens (including phenoxy) is 2. The van der Waals surface area contributed by atoms with Crippen LogP contribution in [0.4, 0.5) is 0 Å². The molecule has 2 heterocycles. The van der Waals surface area contributed by atoms with Crippen molar-refractivity contribution in [3.8, 4) is 5.75 Å². The van der Waals surface area contributed by atoms with Crippen molar-refractivity contribution >= 4 is 17.4 Å². The minimum atomic E-state index is -0.647. The Kier molecular flexibility index (Phi) is 8.21. The van der Waals surface area contributed by atoms with Gasteiger partial charge in [-0.05, 0) is 49.1 Å². The molecule has 2 aliphatic heterocycles. The molecule has 4 rings (SSSR count). The fraction of sp³-hybridized carbons (Fsp3) is 0.429. The van der Waals surface area contributed by atoms with E-state index in [-0.39, 0.29) is 11.3 Å². The predicted octanol–water partition coefficient (Wildman–Crippen LogP) is 3.93. The van der Waals surface area contributed by atoms with Gasteiger partial charge in [-0.15, -0.1) is 0 Å². The highest BCUT2D eigenvalue weighted by Crippen LogP contribution is 2.39. The van der Waals surface area contributed by atoms with Crippen molar-refractivity contribution in [1.82, 2.24) is 9.80 Å². The van der Waals surface area contributed by atoms with Crippen LogP contribution < -0.4 is 4.74 Å². The van der Waals surface area contributed by atoms with Gasteiger partial charge < -0.3 is 19.5 Å². The Morgan fingerprint density at radius 1 is 1.09 bits per heavy atom. The van der Waals surface area contributed by atoms with Crippen LogP contribution in [0.15, 0.2) is 54.1 Å². The van der Waals surface area contributed by atoms with Crippen molar-refractivity contribution in [2.75, 3.05) is 46.0 Å². The summed E-state index contributed by atoms with van der Waals surface area (Å²) in [6.07, 6.45) is 1.63. The summed E-state index contributed by atoms with van der Waals surface area (Å²) in [4.78, 5) is 30.3. The van der Waals surface area contributed by atoms with Gasteiger partial charge in [0.2, 0.25) is 0 Å². The molecule has 7 heteroatoms. The van der Waals surface area contributed by atoms with Gasteiger partial charge in [0.25, 0.3) is 11.7 Å². The molecule has 2 aromatic rings. The van der Waals surface area contributed by atoms with E-state index in [1.165, 1.54) is 0 Å². The Hall–Kier alpha value is -3.16. The van der Waals surface area contributed by atoms with Gasteiger partial charge >= 0.3 is 0 Å². The maximum atomic E-state index is 13.2. The second kappa shape index (κ2) is 11.5. The topological polar surface area (TPSA) is 79.3 Å². The number of benzene rings is 2. The van der Waals surface area contributed by atoms with Crippen LogP contribution in [0.3, 0.4) is 0 Å². The standard InChI is InChI=1S/C28H34N2O5/c1-3-16-35-23-11-10-22(19-20(23)2)26(31)24-25(21-8-5-4-6-9-21)30(28(33)27(24)32)13-7-12-29-14-17-34-18-15-29/h4-6,8-11,19,25,31H,3,7,12-18H2,1-2H3. The number of carbonyl (C=O) groups is 2. The largest absolute Gasteiger partial charge is 0.507 e. The SMILES string of the molecule is CCCOc1ccc(C(O)=C2C(=O)C(=O)N(CCCN3CCOCC3)C2c2ccccc2)cc1C. The van der Waals surface area contributed by atoms with Crippen molar-refractivity contribution < 1.29 is 24.2 Å². The number of hydrogen-bond acceptors (Lipinski definition) is 6. The molecule has 2 aliphatic rings. The number of nitrogens with zero attached hydrogens (tertiary/aromatic N) is 2. The first kappa shape index (κ1) is 24.9. The number of likely N-dealkylation sites (tertiary alicyclic amines) is 1. The van der Waals surface area contributed by atoms with Crippen LogP contribution in [0, 0.1) is 6.92 Å². The maximum Gasteiger partial charge on any atom is 0.295 e. The Morgan fingerprint density at radius 3 is 2.51 bits per heavy atom. The lowest BCUT2D eigenvalue weighted by Gasteiger charge is -2.29. The number of Topliss-reactive ketones (excluding diaryl/α,β-unsaturated/α-hetero) is 1. The third kappa shape index (κ3) is 5.57. The summed E-state index contributed by atoms with van der Waals surface area (Å²) in [5.74, 6) is -0.627. The third-order valence-corrected chi connectivity index (χ3v) is 6.54. The molecule has 1 unspecified atom stereocenters. The van der Waals surface area contributed by atoms with Crippen molar-refractivity contribution in [2.24, 2.45) is 0 Å². The quantitative estimate of drug-likeness (QED) is 0.334. The number of ketones is 1. The maximum absolute atomic E-state index is 13.2. The van der Waals surface area contributed by atoms with Crippen LogP contribution in [0.2, 0.25) is 0 Å². The molecule has 35 heavy (non-hydrogen) atoms. The summed E-state index contributed by atoms with van der Waals surface area (Å²) >= 11 is 0. The summed E-state index contributed by atoms with van der Waals surface area (Å²) in [5, 5.41) is 11.3. The van der Waals surface area contributed by atoms with Gasteiger partial charge in [-0.3, -0.25) is 14.5 Å². The molecule has 0 radical (unpaired) electrons. The van der Waals surface area contributed by atoms with E-state index in [1.54, 1.807) is 23.1 Å². The fourth-order valence-corrected chi connectivity index (χ4v) is 4.71. The smallest absolute Gasteiger partial charge is 0.295 e. The normalized spacial score (nSPS) is 20.4. The van der Waals surface area contributed by atoms with Gasteiger partial charge in [0.15, 0.2) is 0 Å². The molecule has 2 aromatic carbocycles. The molecule has 0 aromatic heterocycles. The van der Waals surface area contributed by atoms with Crippen LogP contribution in [0.5, 0.6) is 5.75 Å². The lowest BCUT2D eigenvalue weighted by molar-refractivity contribution is -0.140. The van der Waals surface area contributed by atoms with Crippen LogP contribution >= 0.6 is 0 Å². The van der Waals surface area contributed by atoms with E-state index in [2.05, 4.69) is 4.90 Å². The Balaban J connectivity index is 1.64. The Labute approximate surface area is 206 Å². The van der Waals surface area contributed by atoms with Crippen molar-refractivity contribution in [1.29, 1.82) is 0 Å². The molecule has 0 spiro atoms. The number of amides is 1. The van der Waals surface area contributed by atoms with E-state index in [1.807, 2.05) is 44.2 Å². The minimum Gasteiger partial charge on any atom is -0.507 e. The molecule has 186 valence electrons. The molecule has 0 aliphatic carbocycles. The molecule has 1 N–H and O–H groups in total. The van der Waals surface area contributed by atoms with Gasteiger partial charge in [0.05, 0.1) is 31.4 Å². The number of carbonyl (C=O) groups excluding carboxylic acids is 2. The number of aryl methyl sites for hydroxylation is 1. The Bertz CT molecular complexity index is 1080. The predicted molar refractivity (Wildman–Crippen MR) is 134 cm³/mol. The third-order valence-electron chi connectivity index (χ3n) is 6.54. The summed E-state index contributed by atoms with van der Waals surface area (Å²) in [5.41, 5.74) is 2.30. The number of aliphatic hydroxyl groups is 1. The van der Waals surface area contributed by atoms with Gasteiger partial charge in [0.1, 0.15) is 11.5 Å². The average molecular weight is 479 g/mol. The fourth-order valence-electron chi connectivity index (χ4n) is 4.71. The average Bonchev–Trinajstić information content (AvgIpc) is 3.13.